The zero-order valence-corrected chi connectivity index (χ0v) is 16.2. The van der Waals surface area contributed by atoms with E-state index in [0.29, 0.717) is 15.7 Å². The highest BCUT2D eigenvalue weighted by molar-refractivity contribution is 6.42. The smallest absolute Gasteiger partial charge is 0.321 e. The highest BCUT2D eigenvalue weighted by atomic mass is 35.5. The first-order chi connectivity index (χ1) is 12.0. The molecule has 1 unspecified atom stereocenters. The van der Waals surface area contributed by atoms with Crippen molar-refractivity contribution in [1.82, 2.24) is 14.7 Å². The molecule has 1 atom stereocenters. The van der Waals surface area contributed by atoms with Crippen LogP contribution in [0, 0.1) is 5.92 Å². The van der Waals surface area contributed by atoms with Crippen LogP contribution in [0.4, 0.5) is 10.5 Å². The number of likely N-dealkylation sites (tertiary alicyclic amines) is 1. The van der Waals surface area contributed by atoms with Crippen molar-refractivity contribution < 1.29 is 4.79 Å². The van der Waals surface area contributed by atoms with Crippen LogP contribution in [-0.4, -0.2) is 73.1 Å². The molecule has 0 bridgehead atoms. The molecule has 2 aliphatic heterocycles. The number of urea groups is 1. The Morgan fingerprint density at radius 2 is 1.88 bits per heavy atom. The summed E-state index contributed by atoms with van der Waals surface area (Å²) in [6, 6.07) is 5.06. The third-order valence-corrected chi connectivity index (χ3v) is 5.90. The molecule has 0 saturated carbocycles. The normalized spacial score (nSPS) is 22.4. The van der Waals surface area contributed by atoms with Crippen molar-refractivity contribution in [2.24, 2.45) is 5.92 Å². The summed E-state index contributed by atoms with van der Waals surface area (Å²) in [6.07, 6.45) is 1.30. The minimum atomic E-state index is -0.0731. The predicted octanol–water partition coefficient (Wildman–Crippen LogP) is 3.48. The molecule has 138 valence electrons. The van der Waals surface area contributed by atoms with Crippen LogP contribution < -0.4 is 5.32 Å². The van der Waals surface area contributed by atoms with Gasteiger partial charge in [0.05, 0.1) is 10.0 Å². The maximum Gasteiger partial charge on any atom is 0.321 e. The Hall–Kier alpha value is -1.01. The monoisotopic (exact) mass is 384 g/mol. The highest BCUT2D eigenvalue weighted by Crippen LogP contribution is 2.25. The van der Waals surface area contributed by atoms with Gasteiger partial charge in [-0.2, -0.15) is 0 Å². The molecule has 2 amide bonds. The molecule has 2 aliphatic rings. The zero-order chi connectivity index (χ0) is 17.8. The van der Waals surface area contributed by atoms with E-state index in [1.165, 1.54) is 19.5 Å². The van der Waals surface area contributed by atoms with E-state index < -0.39 is 0 Å². The topological polar surface area (TPSA) is 38.8 Å². The van der Waals surface area contributed by atoms with Crippen LogP contribution in [0.3, 0.4) is 0 Å². The van der Waals surface area contributed by atoms with Gasteiger partial charge in [0.25, 0.3) is 0 Å². The molecule has 1 aromatic carbocycles. The minimum Gasteiger partial charge on any atom is -0.322 e. The van der Waals surface area contributed by atoms with Gasteiger partial charge < -0.3 is 15.1 Å². The lowest BCUT2D eigenvalue weighted by molar-refractivity contribution is 0.134. The van der Waals surface area contributed by atoms with Crippen LogP contribution in [0.2, 0.25) is 10.0 Å². The second-order valence-electron chi connectivity index (χ2n) is 6.89. The number of anilines is 1. The summed E-state index contributed by atoms with van der Waals surface area (Å²) in [5.41, 5.74) is 0.674. The summed E-state index contributed by atoms with van der Waals surface area (Å²) in [4.78, 5) is 19.3. The summed E-state index contributed by atoms with van der Waals surface area (Å²) in [5.74, 6) is 0.775. The second-order valence-corrected chi connectivity index (χ2v) is 7.71. The van der Waals surface area contributed by atoms with Gasteiger partial charge in [-0.3, -0.25) is 4.90 Å². The van der Waals surface area contributed by atoms with Crippen LogP contribution >= 0.6 is 23.2 Å². The number of amides is 2. The third-order valence-electron chi connectivity index (χ3n) is 5.16. The first-order valence-electron chi connectivity index (χ1n) is 9.01. The molecule has 2 fully saturated rings. The Labute approximate surface area is 159 Å². The van der Waals surface area contributed by atoms with Crippen LogP contribution in [0.25, 0.3) is 0 Å². The lowest BCUT2D eigenvalue weighted by Gasteiger charge is -2.35. The van der Waals surface area contributed by atoms with E-state index in [-0.39, 0.29) is 6.03 Å². The quantitative estimate of drug-likeness (QED) is 0.863. The van der Waals surface area contributed by atoms with Crippen LogP contribution in [0.5, 0.6) is 0 Å². The average molecular weight is 385 g/mol. The molecule has 0 aromatic heterocycles. The minimum absolute atomic E-state index is 0.0731. The van der Waals surface area contributed by atoms with Crippen LogP contribution in [0.1, 0.15) is 13.3 Å². The Morgan fingerprint density at radius 3 is 2.52 bits per heavy atom. The Balaban J connectivity index is 1.43. The van der Waals surface area contributed by atoms with Gasteiger partial charge in [0, 0.05) is 45.0 Å². The number of nitrogens with zero attached hydrogens (tertiary/aromatic N) is 3. The van der Waals surface area contributed by atoms with E-state index in [1.54, 1.807) is 18.2 Å². The van der Waals surface area contributed by atoms with Gasteiger partial charge in [0.15, 0.2) is 0 Å². The van der Waals surface area contributed by atoms with E-state index in [9.17, 15) is 4.79 Å². The number of carbonyl (C=O) groups excluding carboxylic acids is 1. The average Bonchev–Trinajstić information content (AvgIpc) is 3.06. The fourth-order valence-electron chi connectivity index (χ4n) is 3.62. The molecular formula is C18H26Cl2N4O. The Kier molecular flexibility index (Phi) is 6.44. The highest BCUT2D eigenvalue weighted by Gasteiger charge is 2.26. The summed E-state index contributed by atoms with van der Waals surface area (Å²) >= 11 is 11.9. The fourth-order valence-corrected chi connectivity index (χ4v) is 3.92. The number of hydrogen-bond donors (Lipinski definition) is 1. The predicted molar refractivity (Wildman–Crippen MR) is 104 cm³/mol. The van der Waals surface area contributed by atoms with E-state index in [4.69, 9.17) is 23.2 Å². The standard InChI is InChI=1S/C18H26Cl2N4O/c1-2-22-6-5-14(12-22)13-23-7-9-24(10-8-23)18(25)21-15-3-4-16(19)17(20)11-15/h3-4,11,14H,2,5-10,12-13H2,1H3,(H,21,25). The molecule has 5 nitrogen and oxygen atoms in total. The molecule has 25 heavy (non-hydrogen) atoms. The number of hydrogen-bond acceptors (Lipinski definition) is 3. The largest absolute Gasteiger partial charge is 0.322 e. The summed E-state index contributed by atoms with van der Waals surface area (Å²) in [5, 5.41) is 3.83. The van der Waals surface area contributed by atoms with Gasteiger partial charge in [-0.05, 0) is 43.6 Å². The second kappa shape index (κ2) is 8.58. The first kappa shape index (κ1) is 18.8. The number of nitrogens with one attached hydrogen (secondary N) is 1. The molecule has 0 radical (unpaired) electrons. The van der Waals surface area contributed by atoms with Crippen LogP contribution in [-0.2, 0) is 0 Å². The zero-order valence-electron chi connectivity index (χ0n) is 14.7. The fraction of sp³-hybridized carbons (Fsp3) is 0.611. The van der Waals surface area contributed by atoms with Gasteiger partial charge in [-0.1, -0.05) is 30.1 Å². The van der Waals surface area contributed by atoms with E-state index in [0.717, 1.165) is 45.2 Å². The van der Waals surface area contributed by atoms with Crippen molar-refractivity contribution in [2.75, 3.05) is 57.7 Å². The molecular weight excluding hydrogens is 359 g/mol. The molecule has 1 N–H and O–H groups in total. The number of rotatable bonds is 4. The van der Waals surface area contributed by atoms with Gasteiger partial charge >= 0.3 is 6.03 Å². The van der Waals surface area contributed by atoms with E-state index in [2.05, 4.69) is 22.0 Å². The van der Waals surface area contributed by atoms with Crippen molar-refractivity contribution in [2.45, 2.75) is 13.3 Å². The summed E-state index contributed by atoms with van der Waals surface area (Å²) in [7, 11) is 0. The van der Waals surface area contributed by atoms with Crippen LogP contribution in [0.15, 0.2) is 18.2 Å². The number of carbonyl (C=O) groups is 1. The van der Waals surface area contributed by atoms with Crippen molar-refractivity contribution in [3.63, 3.8) is 0 Å². The summed E-state index contributed by atoms with van der Waals surface area (Å²) in [6.45, 7) is 10.4. The van der Waals surface area contributed by atoms with Gasteiger partial charge in [0.2, 0.25) is 0 Å². The van der Waals surface area contributed by atoms with E-state index in [1.807, 2.05) is 4.90 Å². The number of piperazine rings is 1. The SMILES string of the molecule is CCN1CCC(CN2CCN(C(=O)Nc3ccc(Cl)c(Cl)c3)CC2)C1. The first-order valence-corrected chi connectivity index (χ1v) is 9.76. The number of benzene rings is 1. The number of halogens is 2. The maximum atomic E-state index is 12.4. The lowest BCUT2D eigenvalue weighted by atomic mass is 10.1. The molecule has 2 heterocycles. The molecule has 0 aliphatic carbocycles. The molecule has 2 saturated heterocycles. The Morgan fingerprint density at radius 1 is 1.12 bits per heavy atom. The van der Waals surface area contributed by atoms with Crippen molar-refractivity contribution in [1.29, 1.82) is 0 Å². The molecule has 0 spiro atoms. The molecule has 1 aromatic rings. The Bertz CT molecular complexity index is 605. The van der Waals surface area contributed by atoms with Crippen molar-refractivity contribution >= 4 is 34.9 Å². The third kappa shape index (κ3) is 5.00. The van der Waals surface area contributed by atoms with E-state index >= 15 is 0 Å². The van der Waals surface area contributed by atoms with Gasteiger partial charge in [-0.25, -0.2) is 4.79 Å². The van der Waals surface area contributed by atoms with Gasteiger partial charge in [0.1, 0.15) is 0 Å². The van der Waals surface area contributed by atoms with Crippen molar-refractivity contribution in [3.05, 3.63) is 28.2 Å². The maximum absolute atomic E-state index is 12.4. The summed E-state index contributed by atoms with van der Waals surface area (Å²) < 4.78 is 0. The van der Waals surface area contributed by atoms with Gasteiger partial charge in [-0.15, -0.1) is 0 Å². The lowest BCUT2D eigenvalue weighted by Crippen LogP contribution is -2.51. The molecule has 3 rings (SSSR count). The van der Waals surface area contributed by atoms with Crippen molar-refractivity contribution in [3.8, 4) is 0 Å². The molecule has 7 heteroatoms.